The van der Waals surface area contributed by atoms with E-state index in [2.05, 4.69) is 0 Å². The van der Waals surface area contributed by atoms with E-state index in [0.29, 0.717) is 5.56 Å². The molecule has 0 spiro atoms. The first kappa shape index (κ1) is 14.5. The quantitative estimate of drug-likeness (QED) is 0.937. The van der Waals surface area contributed by atoms with Crippen LogP contribution < -0.4 is 4.74 Å². The summed E-state index contributed by atoms with van der Waals surface area (Å²) in [4.78, 5) is 10.6. The molecule has 0 heterocycles. The van der Waals surface area contributed by atoms with E-state index in [1.165, 1.54) is 18.2 Å². The van der Waals surface area contributed by atoms with Crippen LogP contribution in [0.4, 0.5) is 8.78 Å². The molecule has 0 bridgehead atoms. The van der Waals surface area contributed by atoms with Crippen molar-refractivity contribution in [2.75, 3.05) is 0 Å². The molecule has 2 rings (SSSR count). The summed E-state index contributed by atoms with van der Waals surface area (Å²) in [7, 11) is 0. The van der Waals surface area contributed by atoms with Gasteiger partial charge in [0.25, 0.3) is 0 Å². The van der Waals surface area contributed by atoms with E-state index in [9.17, 15) is 13.6 Å². The molecule has 0 atom stereocenters. The summed E-state index contributed by atoms with van der Waals surface area (Å²) >= 11 is 0. The van der Waals surface area contributed by atoms with Gasteiger partial charge in [-0.25, -0.2) is 8.78 Å². The number of carbonyl (C=O) groups is 1. The second-order valence-electron chi connectivity index (χ2n) is 4.20. The molecule has 0 radical (unpaired) electrons. The molecule has 2 aromatic carbocycles. The molecule has 0 amide bonds. The summed E-state index contributed by atoms with van der Waals surface area (Å²) in [5, 5.41) is 17.3. The fourth-order valence-corrected chi connectivity index (χ4v) is 1.73. The number of benzene rings is 2. The van der Waals surface area contributed by atoms with Crippen LogP contribution in [0.2, 0.25) is 0 Å². The van der Waals surface area contributed by atoms with Crippen molar-refractivity contribution in [2.24, 2.45) is 0 Å². The predicted molar refractivity (Wildman–Crippen MR) is 68.9 cm³/mol. The molecular weight excluding hydrogens is 280 g/mol. The molecule has 1 N–H and O–H groups in total. The molecule has 6 heteroatoms. The predicted octanol–water partition coefficient (Wildman–Crippen LogP) is 3.26. The van der Waals surface area contributed by atoms with E-state index in [-0.39, 0.29) is 17.7 Å². The maximum absolute atomic E-state index is 13.7. The third-order valence-electron chi connectivity index (χ3n) is 2.60. The number of carboxylic acid groups (broad SMARTS) is 1. The first-order chi connectivity index (χ1) is 9.99. The molecule has 0 aromatic heterocycles. The van der Waals surface area contributed by atoms with Crippen LogP contribution in [-0.2, 0) is 11.2 Å². The van der Waals surface area contributed by atoms with Crippen LogP contribution in [0.3, 0.4) is 0 Å². The number of nitrogens with zero attached hydrogens (tertiary/aromatic N) is 1. The largest absolute Gasteiger partial charge is 0.481 e. The summed E-state index contributed by atoms with van der Waals surface area (Å²) in [5.74, 6) is -3.56. The smallest absolute Gasteiger partial charge is 0.307 e. The number of hydrogen-bond acceptors (Lipinski definition) is 3. The van der Waals surface area contributed by atoms with Gasteiger partial charge in [0.15, 0.2) is 17.4 Å². The van der Waals surface area contributed by atoms with Gasteiger partial charge in [-0.2, -0.15) is 5.26 Å². The fourth-order valence-electron chi connectivity index (χ4n) is 1.73. The SMILES string of the molecule is N#Cc1cc(F)c(Oc2cccc(CC(=O)O)c2)c(F)c1. The van der Waals surface area contributed by atoms with Crippen molar-refractivity contribution in [1.29, 1.82) is 5.26 Å². The van der Waals surface area contributed by atoms with E-state index >= 15 is 0 Å². The Morgan fingerprint density at radius 2 is 1.90 bits per heavy atom. The zero-order chi connectivity index (χ0) is 15.4. The lowest BCUT2D eigenvalue weighted by Crippen LogP contribution is -2.00. The Labute approximate surface area is 118 Å². The second-order valence-corrected chi connectivity index (χ2v) is 4.20. The van der Waals surface area contributed by atoms with Gasteiger partial charge in [-0.1, -0.05) is 12.1 Å². The van der Waals surface area contributed by atoms with Crippen molar-refractivity contribution in [1.82, 2.24) is 0 Å². The Balaban J connectivity index is 2.30. The third kappa shape index (κ3) is 3.54. The lowest BCUT2D eigenvalue weighted by molar-refractivity contribution is -0.136. The zero-order valence-corrected chi connectivity index (χ0v) is 10.6. The highest BCUT2D eigenvalue weighted by molar-refractivity contribution is 5.70. The topological polar surface area (TPSA) is 70.3 Å². The minimum Gasteiger partial charge on any atom is -0.481 e. The lowest BCUT2D eigenvalue weighted by Gasteiger charge is -2.09. The molecular formula is C15H9F2NO3. The molecule has 0 saturated carbocycles. The van der Waals surface area contributed by atoms with Crippen molar-refractivity contribution in [3.8, 4) is 17.6 Å². The minimum absolute atomic E-state index is 0.108. The summed E-state index contributed by atoms with van der Waals surface area (Å²) in [6.45, 7) is 0. The van der Waals surface area contributed by atoms with Crippen molar-refractivity contribution >= 4 is 5.97 Å². The molecule has 0 fully saturated rings. The average molecular weight is 289 g/mol. The van der Waals surface area contributed by atoms with Gasteiger partial charge >= 0.3 is 5.97 Å². The van der Waals surface area contributed by atoms with E-state index in [1.807, 2.05) is 0 Å². The van der Waals surface area contributed by atoms with E-state index in [0.717, 1.165) is 12.1 Å². The summed E-state index contributed by atoms with van der Waals surface area (Å²) in [6.07, 6.45) is -0.227. The minimum atomic E-state index is -1.03. The van der Waals surface area contributed by atoms with Crippen molar-refractivity contribution in [2.45, 2.75) is 6.42 Å². The van der Waals surface area contributed by atoms with E-state index in [4.69, 9.17) is 15.1 Å². The van der Waals surface area contributed by atoms with Crippen molar-refractivity contribution in [3.05, 3.63) is 59.2 Å². The van der Waals surface area contributed by atoms with Crippen LogP contribution >= 0.6 is 0 Å². The fraction of sp³-hybridized carbons (Fsp3) is 0.0667. The first-order valence-corrected chi connectivity index (χ1v) is 5.87. The molecule has 0 unspecified atom stereocenters. The number of hydrogen-bond donors (Lipinski definition) is 1. The molecule has 0 aliphatic heterocycles. The summed E-state index contributed by atoms with van der Waals surface area (Å²) < 4.78 is 32.5. The van der Waals surface area contributed by atoms with E-state index < -0.39 is 23.4 Å². The van der Waals surface area contributed by atoms with E-state index in [1.54, 1.807) is 12.1 Å². The summed E-state index contributed by atoms with van der Waals surface area (Å²) in [6, 6.07) is 9.26. The highest BCUT2D eigenvalue weighted by atomic mass is 19.1. The Bertz CT molecular complexity index is 715. The normalized spacial score (nSPS) is 9.95. The van der Waals surface area contributed by atoms with Crippen LogP contribution in [-0.4, -0.2) is 11.1 Å². The summed E-state index contributed by atoms with van der Waals surface area (Å²) in [5.41, 5.74) is 0.284. The zero-order valence-electron chi connectivity index (χ0n) is 10.6. The van der Waals surface area contributed by atoms with Gasteiger partial charge in [0, 0.05) is 0 Å². The molecule has 0 aliphatic rings. The maximum Gasteiger partial charge on any atom is 0.307 e. The van der Waals surface area contributed by atoms with Crippen molar-refractivity contribution in [3.63, 3.8) is 0 Å². The van der Waals surface area contributed by atoms with Gasteiger partial charge in [-0.05, 0) is 29.8 Å². The van der Waals surface area contributed by atoms with Crippen molar-refractivity contribution < 1.29 is 23.4 Å². The van der Waals surface area contributed by atoms with Crippen LogP contribution in [0.5, 0.6) is 11.5 Å². The second kappa shape index (κ2) is 6.01. The van der Waals surface area contributed by atoms with Gasteiger partial charge in [-0.15, -0.1) is 0 Å². The molecule has 21 heavy (non-hydrogen) atoms. The number of rotatable bonds is 4. The Kier molecular flexibility index (Phi) is 4.14. The number of aliphatic carboxylic acids is 1. The Hall–Kier alpha value is -2.94. The number of ether oxygens (including phenoxy) is 1. The standard InChI is InChI=1S/C15H9F2NO3/c16-12-5-10(8-18)6-13(17)15(12)21-11-3-1-2-9(4-11)7-14(19)20/h1-6H,7H2,(H,19,20). The molecule has 4 nitrogen and oxygen atoms in total. The van der Waals surface area contributed by atoms with Crippen LogP contribution in [0, 0.1) is 23.0 Å². The van der Waals surface area contributed by atoms with Gasteiger partial charge < -0.3 is 9.84 Å². The molecule has 106 valence electrons. The van der Waals surface area contributed by atoms with Crippen LogP contribution in [0.25, 0.3) is 0 Å². The molecule has 2 aromatic rings. The lowest BCUT2D eigenvalue weighted by atomic mass is 10.1. The third-order valence-corrected chi connectivity index (χ3v) is 2.60. The van der Waals surface area contributed by atoms with Gasteiger partial charge in [0.05, 0.1) is 18.1 Å². The van der Waals surface area contributed by atoms with Gasteiger partial charge in [-0.3, -0.25) is 4.79 Å². The van der Waals surface area contributed by atoms with Gasteiger partial charge in [0.1, 0.15) is 5.75 Å². The maximum atomic E-state index is 13.7. The highest BCUT2D eigenvalue weighted by Gasteiger charge is 2.14. The Morgan fingerprint density at radius 3 is 2.48 bits per heavy atom. The highest BCUT2D eigenvalue weighted by Crippen LogP contribution is 2.29. The number of carboxylic acids is 1. The molecule has 0 saturated heterocycles. The first-order valence-electron chi connectivity index (χ1n) is 5.87. The van der Waals surface area contributed by atoms with Gasteiger partial charge in [0.2, 0.25) is 0 Å². The number of halogens is 2. The number of nitriles is 1. The molecule has 0 aliphatic carbocycles. The van der Waals surface area contributed by atoms with Crippen LogP contribution in [0.15, 0.2) is 36.4 Å². The monoisotopic (exact) mass is 289 g/mol. The Morgan fingerprint density at radius 1 is 1.24 bits per heavy atom. The average Bonchev–Trinajstić information content (AvgIpc) is 2.42. The van der Waals surface area contributed by atoms with Crippen LogP contribution in [0.1, 0.15) is 11.1 Å².